The minimum Gasteiger partial charge on any atom is -0.469 e. The van der Waals surface area contributed by atoms with Crippen molar-refractivity contribution >= 4 is 23.2 Å². The second-order valence-corrected chi connectivity index (χ2v) is 6.63. The van der Waals surface area contributed by atoms with E-state index >= 15 is 0 Å². The van der Waals surface area contributed by atoms with Crippen LogP contribution < -0.4 is 20.2 Å². The highest BCUT2D eigenvalue weighted by Crippen LogP contribution is 2.32. The summed E-state index contributed by atoms with van der Waals surface area (Å²) in [5.74, 6) is 1.11. The van der Waals surface area contributed by atoms with Gasteiger partial charge in [0.1, 0.15) is 5.76 Å². The maximum atomic E-state index is 12.5. The molecule has 30 heavy (non-hydrogen) atoms. The third-order valence-corrected chi connectivity index (χ3v) is 4.62. The number of ether oxygens (including phenoxy) is 2. The summed E-state index contributed by atoms with van der Waals surface area (Å²) < 4.78 is 15.7. The Morgan fingerprint density at radius 3 is 2.40 bits per heavy atom. The van der Waals surface area contributed by atoms with Gasteiger partial charge in [-0.3, -0.25) is 9.59 Å². The van der Waals surface area contributed by atoms with E-state index in [4.69, 9.17) is 13.9 Å². The fraction of sp³-hybridized carbons (Fsp3) is 0.136. The third kappa shape index (κ3) is 4.02. The molecule has 2 amide bonds. The largest absolute Gasteiger partial charge is 0.469 e. The predicted molar refractivity (Wildman–Crippen MR) is 110 cm³/mol. The van der Waals surface area contributed by atoms with Gasteiger partial charge in [-0.05, 0) is 55.8 Å². The Labute approximate surface area is 172 Å². The zero-order chi connectivity index (χ0) is 21.1. The van der Waals surface area contributed by atoms with E-state index in [1.165, 1.54) is 6.26 Å². The first-order chi connectivity index (χ1) is 14.5. The molecule has 0 atom stereocenters. The molecular weight excluding hydrogens is 386 g/mol. The summed E-state index contributed by atoms with van der Waals surface area (Å²) in [6.07, 6.45) is 1.46. The molecule has 4 rings (SSSR count). The van der Waals surface area contributed by atoms with Gasteiger partial charge in [0, 0.05) is 11.3 Å². The van der Waals surface area contributed by atoms with E-state index in [9.17, 15) is 9.59 Å². The van der Waals surface area contributed by atoms with Gasteiger partial charge in [-0.25, -0.2) is 5.43 Å². The lowest BCUT2D eigenvalue weighted by atomic mass is 10.1. The maximum absolute atomic E-state index is 12.5. The lowest BCUT2D eigenvalue weighted by Gasteiger charge is -2.08. The van der Waals surface area contributed by atoms with Gasteiger partial charge in [0.25, 0.3) is 11.8 Å². The number of rotatable bonds is 5. The van der Waals surface area contributed by atoms with Crippen molar-refractivity contribution in [1.82, 2.24) is 5.43 Å². The van der Waals surface area contributed by atoms with Crippen LogP contribution in [0.2, 0.25) is 0 Å². The number of carbonyl (C=O) groups excluding carboxylic acids is 2. The molecule has 152 valence electrons. The number of nitrogens with one attached hydrogen (secondary N) is 2. The quantitative estimate of drug-likeness (QED) is 0.498. The third-order valence-electron chi connectivity index (χ3n) is 4.62. The van der Waals surface area contributed by atoms with Crippen molar-refractivity contribution in [3.05, 3.63) is 77.2 Å². The number of fused-ring (bicyclic) bond motifs is 1. The Balaban J connectivity index is 1.39. The van der Waals surface area contributed by atoms with Gasteiger partial charge in [-0.15, -0.1) is 0 Å². The van der Waals surface area contributed by atoms with Gasteiger partial charge >= 0.3 is 0 Å². The minimum atomic E-state index is -0.340. The summed E-state index contributed by atoms with van der Waals surface area (Å²) in [5, 5.41) is 6.96. The highest BCUT2D eigenvalue weighted by Gasteiger charge is 2.16. The zero-order valence-corrected chi connectivity index (χ0v) is 16.4. The molecule has 8 heteroatoms. The standard InChI is InChI=1S/C22H19N3O5/c1-13(24-25-22(27)18-9-10-28-14(18)2)15-3-6-17(7-4-15)23-21(26)16-5-8-19-20(11-16)30-12-29-19/h3-11H,12H2,1-2H3,(H,23,26)(H,25,27)/b24-13-. The average Bonchev–Trinajstić information content (AvgIpc) is 3.40. The number of hydrazone groups is 1. The lowest BCUT2D eigenvalue weighted by Crippen LogP contribution is -2.19. The molecule has 0 saturated carbocycles. The van der Waals surface area contributed by atoms with Crippen LogP contribution in [0.5, 0.6) is 11.5 Å². The topological polar surface area (TPSA) is 102 Å². The van der Waals surface area contributed by atoms with Crippen LogP contribution in [0, 0.1) is 6.92 Å². The molecule has 0 unspecified atom stereocenters. The highest BCUT2D eigenvalue weighted by atomic mass is 16.7. The van der Waals surface area contributed by atoms with Gasteiger partial charge in [-0.1, -0.05) is 12.1 Å². The van der Waals surface area contributed by atoms with Crippen LogP contribution in [0.1, 0.15) is 39.0 Å². The molecule has 0 spiro atoms. The number of anilines is 1. The van der Waals surface area contributed by atoms with Crippen LogP contribution in [-0.2, 0) is 0 Å². The first kappa shape index (κ1) is 19.3. The summed E-state index contributed by atoms with van der Waals surface area (Å²) in [6, 6.07) is 13.8. The van der Waals surface area contributed by atoms with Crippen molar-refractivity contribution < 1.29 is 23.5 Å². The molecule has 8 nitrogen and oxygen atoms in total. The van der Waals surface area contributed by atoms with E-state index in [0.717, 1.165) is 5.56 Å². The number of hydrogen-bond donors (Lipinski definition) is 2. The van der Waals surface area contributed by atoms with Gasteiger partial charge in [0.05, 0.1) is 17.5 Å². The van der Waals surface area contributed by atoms with E-state index in [2.05, 4.69) is 15.8 Å². The lowest BCUT2D eigenvalue weighted by molar-refractivity contribution is 0.0952. The number of aryl methyl sites for hydroxylation is 1. The molecule has 3 aromatic rings. The molecule has 2 heterocycles. The summed E-state index contributed by atoms with van der Waals surface area (Å²) in [5.41, 5.74) is 5.48. The summed E-state index contributed by atoms with van der Waals surface area (Å²) in [7, 11) is 0. The fourth-order valence-electron chi connectivity index (χ4n) is 2.92. The molecule has 0 bridgehead atoms. The van der Waals surface area contributed by atoms with Gasteiger partial charge in [0.15, 0.2) is 11.5 Å². The van der Waals surface area contributed by atoms with E-state index in [1.54, 1.807) is 50.2 Å². The molecule has 2 N–H and O–H groups in total. The van der Waals surface area contributed by atoms with Gasteiger partial charge in [-0.2, -0.15) is 5.10 Å². The van der Waals surface area contributed by atoms with Crippen LogP contribution in [-0.4, -0.2) is 24.3 Å². The van der Waals surface area contributed by atoms with Crippen molar-refractivity contribution in [3.63, 3.8) is 0 Å². The Bertz CT molecular complexity index is 1130. The summed E-state index contributed by atoms with van der Waals surface area (Å²) in [6.45, 7) is 3.65. The van der Waals surface area contributed by atoms with Gasteiger partial charge in [0.2, 0.25) is 6.79 Å². The first-order valence-corrected chi connectivity index (χ1v) is 9.21. The second kappa shape index (κ2) is 8.12. The number of nitrogens with zero attached hydrogens (tertiary/aromatic N) is 1. The van der Waals surface area contributed by atoms with Crippen molar-refractivity contribution in [2.45, 2.75) is 13.8 Å². The molecule has 0 saturated heterocycles. The van der Waals surface area contributed by atoms with Crippen LogP contribution in [0.25, 0.3) is 0 Å². The maximum Gasteiger partial charge on any atom is 0.274 e. The summed E-state index contributed by atoms with van der Waals surface area (Å²) in [4.78, 5) is 24.6. The smallest absolute Gasteiger partial charge is 0.274 e. The van der Waals surface area contributed by atoms with Crippen molar-refractivity contribution in [3.8, 4) is 11.5 Å². The molecule has 0 fully saturated rings. The van der Waals surface area contributed by atoms with E-state index in [1.807, 2.05) is 12.1 Å². The molecular formula is C22H19N3O5. The highest BCUT2D eigenvalue weighted by molar-refractivity contribution is 6.05. The minimum absolute atomic E-state index is 0.158. The molecule has 2 aromatic carbocycles. The van der Waals surface area contributed by atoms with Crippen molar-refractivity contribution in [2.75, 3.05) is 12.1 Å². The molecule has 1 aliphatic heterocycles. The number of amides is 2. The Hall–Kier alpha value is -4.07. The van der Waals surface area contributed by atoms with Crippen LogP contribution in [0.15, 0.2) is 64.3 Å². The molecule has 1 aliphatic rings. The molecule has 0 aliphatic carbocycles. The summed E-state index contributed by atoms with van der Waals surface area (Å²) >= 11 is 0. The predicted octanol–water partition coefficient (Wildman–Crippen LogP) is 3.72. The van der Waals surface area contributed by atoms with Crippen LogP contribution in [0.4, 0.5) is 5.69 Å². The molecule has 1 aromatic heterocycles. The van der Waals surface area contributed by atoms with E-state index in [-0.39, 0.29) is 18.6 Å². The number of benzene rings is 2. The number of furan rings is 1. The Kier molecular flexibility index (Phi) is 5.21. The van der Waals surface area contributed by atoms with Crippen LogP contribution >= 0.6 is 0 Å². The number of carbonyl (C=O) groups is 2. The molecule has 0 radical (unpaired) electrons. The van der Waals surface area contributed by atoms with E-state index in [0.29, 0.717) is 39.8 Å². The van der Waals surface area contributed by atoms with Crippen LogP contribution in [0.3, 0.4) is 0 Å². The fourth-order valence-corrected chi connectivity index (χ4v) is 2.92. The number of hydrogen-bond acceptors (Lipinski definition) is 6. The SMILES string of the molecule is C/C(=N/NC(=O)c1ccoc1C)c1ccc(NC(=O)c2ccc3c(c2)OCO3)cc1. The Morgan fingerprint density at radius 2 is 1.67 bits per heavy atom. The van der Waals surface area contributed by atoms with Crippen molar-refractivity contribution in [2.24, 2.45) is 5.10 Å². The monoisotopic (exact) mass is 405 g/mol. The first-order valence-electron chi connectivity index (χ1n) is 9.21. The van der Waals surface area contributed by atoms with E-state index < -0.39 is 0 Å². The van der Waals surface area contributed by atoms with Crippen molar-refractivity contribution in [1.29, 1.82) is 0 Å². The van der Waals surface area contributed by atoms with Gasteiger partial charge < -0.3 is 19.2 Å². The zero-order valence-electron chi connectivity index (χ0n) is 16.4. The Morgan fingerprint density at radius 1 is 0.933 bits per heavy atom. The normalized spacial score (nSPS) is 12.5. The average molecular weight is 405 g/mol. The second-order valence-electron chi connectivity index (χ2n) is 6.63.